The van der Waals surface area contributed by atoms with Crippen LogP contribution in [0.3, 0.4) is 0 Å². The lowest BCUT2D eigenvalue weighted by Gasteiger charge is -2.13. The summed E-state index contributed by atoms with van der Waals surface area (Å²) in [7, 11) is 4.20. The fourth-order valence-corrected chi connectivity index (χ4v) is 3.00. The van der Waals surface area contributed by atoms with Gasteiger partial charge in [-0.05, 0) is 52.1 Å². The Hall–Kier alpha value is -2.13. The van der Waals surface area contributed by atoms with Crippen LogP contribution < -0.4 is 0 Å². The summed E-state index contributed by atoms with van der Waals surface area (Å²) in [5, 5.41) is 0. The number of aromatic nitrogens is 2. The van der Waals surface area contributed by atoms with Crippen molar-refractivity contribution in [3.63, 3.8) is 0 Å². The molecule has 0 radical (unpaired) electrons. The second kappa shape index (κ2) is 5.58. The third-order valence-electron chi connectivity index (χ3n) is 4.05. The minimum absolute atomic E-state index is 0.868. The molecule has 0 fully saturated rings. The van der Waals surface area contributed by atoms with Gasteiger partial charge in [0, 0.05) is 18.3 Å². The lowest BCUT2D eigenvalue weighted by atomic mass is 10.0. The first-order chi connectivity index (χ1) is 10.5. The Kier molecular flexibility index (Phi) is 3.75. The van der Waals surface area contributed by atoms with Crippen LogP contribution in [-0.2, 0) is 6.54 Å². The SMILES string of the molecule is Cc1ccc(-c2nc3c(C)cccn3c2CN(C)C)c(C)c1. The average molecular weight is 293 g/mol. The quantitative estimate of drug-likeness (QED) is 0.728. The van der Waals surface area contributed by atoms with Crippen molar-refractivity contribution in [2.45, 2.75) is 27.3 Å². The molecule has 0 saturated carbocycles. The molecule has 22 heavy (non-hydrogen) atoms. The van der Waals surface area contributed by atoms with Crippen LogP contribution in [0.15, 0.2) is 36.5 Å². The summed E-state index contributed by atoms with van der Waals surface area (Å²) in [5.41, 5.74) is 8.39. The van der Waals surface area contributed by atoms with E-state index in [4.69, 9.17) is 4.98 Å². The molecular formula is C19H23N3. The molecule has 0 amide bonds. The molecule has 3 heteroatoms. The summed E-state index contributed by atoms with van der Waals surface area (Å²) in [4.78, 5) is 7.16. The van der Waals surface area contributed by atoms with Crippen molar-refractivity contribution in [1.82, 2.24) is 14.3 Å². The standard InChI is InChI=1S/C19H23N3/c1-13-8-9-16(15(3)11-13)18-17(12-21(4)5)22-10-6-7-14(2)19(22)20-18/h6-11H,12H2,1-5H3. The minimum atomic E-state index is 0.868. The second-order valence-electron chi connectivity index (χ2n) is 6.35. The molecule has 1 aromatic carbocycles. The Morgan fingerprint density at radius 2 is 1.82 bits per heavy atom. The van der Waals surface area contributed by atoms with E-state index in [0.717, 1.165) is 17.9 Å². The summed E-state index contributed by atoms with van der Waals surface area (Å²) in [5.74, 6) is 0. The highest BCUT2D eigenvalue weighted by molar-refractivity contribution is 5.71. The lowest BCUT2D eigenvalue weighted by Crippen LogP contribution is -2.13. The van der Waals surface area contributed by atoms with Crippen LogP contribution in [0.5, 0.6) is 0 Å². The van der Waals surface area contributed by atoms with Crippen molar-refractivity contribution in [2.75, 3.05) is 14.1 Å². The monoisotopic (exact) mass is 293 g/mol. The van der Waals surface area contributed by atoms with Gasteiger partial charge >= 0.3 is 0 Å². The second-order valence-corrected chi connectivity index (χ2v) is 6.35. The van der Waals surface area contributed by atoms with Crippen LogP contribution in [0, 0.1) is 20.8 Å². The van der Waals surface area contributed by atoms with E-state index in [1.54, 1.807) is 0 Å². The van der Waals surface area contributed by atoms with E-state index in [2.05, 4.69) is 80.7 Å². The predicted octanol–water partition coefficient (Wildman–Crippen LogP) is 3.99. The first-order valence-electron chi connectivity index (χ1n) is 7.66. The molecule has 0 bridgehead atoms. The van der Waals surface area contributed by atoms with Gasteiger partial charge in [-0.25, -0.2) is 4.98 Å². The van der Waals surface area contributed by atoms with Gasteiger partial charge in [-0.1, -0.05) is 29.8 Å². The molecule has 3 aromatic rings. The van der Waals surface area contributed by atoms with Crippen LogP contribution in [0.25, 0.3) is 16.9 Å². The molecule has 0 saturated heterocycles. The molecule has 0 aliphatic carbocycles. The largest absolute Gasteiger partial charge is 0.304 e. The third-order valence-corrected chi connectivity index (χ3v) is 4.05. The van der Waals surface area contributed by atoms with Crippen molar-refractivity contribution < 1.29 is 0 Å². The molecule has 0 atom stereocenters. The Balaban J connectivity index is 2.30. The molecule has 3 rings (SSSR count). The Bertz CT molecular complexity index is 828. The summed E-state index contributed by atoms with van der Waals surface area (Å²) < 4.78 is 2.23. The van der Waals surface area contributed by atoms with E-state index >= 15 is 0 Å². The van der Waals surface area contributed by atoms with Crippen LogP contribution in [0.4, 0.5) is 0 Å². The van der Waals surface area contributed by atoms with Crippen LogP contribution in [-0.4, -0.2) is 28.4 Å². The number of hydrogen-bond acceptors (Lipinski definition) is 2. The molecule has 2 heterocycles. The van der Waals surface area contributed by atoms with Gasteiger partial charge in [0.2, 0.25) is 0 Å². The third kappa shape index (κ3) is 2.53. The zero-order chi connectivity index (χ0) is 15.9. The number of hydrogen-bond donors (Lipinski definition) is 0. The highest BCUT2D eigenvalue weighted by atomic mass is 15.1. The zero-order valence-electron chi connectivity index (χ0n) is 14.0. The van der Waals surface area contributed by atoms with E-state index in [9.17, 15) is 0 Å². The maximum Gasteiger partial charge on any atom is 0.140 e. The van der Waals surface area contributed by atoms with Crippen LogP contribution in [0.2, 0.25) is 0 Å². The van der Waals surface area contributed by atoms with Crippen molar-refractivity contribution in [3.8, 4) is 11.3 Å². The molecule has 0 N–H and O–H groups in total. The molecule has 114 valence electrons. The summed E-state index contributed by atoms with van der Waals surface area (Å²) in [6, 6.07) is 10.8. The van der Waals surface area contributed by atoms with E-state index in [0.29, 0.717) is 0 Å². The average Bonchev–Trinajstić information content (AvgIpc) is 2.79. The molecule has 0 aliphatic rings. The molecule has 0 spiro atoms. The van der Waals surface area contributed by atoms with E-state index in [1.165, 1.54) is 27.9 Å². The number of benzene rings is 1. The van der Waals surface area contributed by atoms with Gasteiger partial charge in [-0.3, -0.25) is 0 Å². The van der Waals surface area contributed by atoms with Gasteiger partial charge in [0.25, 0.3) is 0 Å². The van der Waals surface area contributed by atoms with E-state index in [-0.39, 0.29) is 0 Å². The predicted molar refractivity (Wildman–Crippen MR) is 92.2 cm³/mol. The lowest BCUT2D eigenvalue weighted by molar-refractivity contribution is 0.396. The maximum atomic E-state index is 4.96. The summed E-state index contributed by atoms with van der Waals surface area (Å²) in [6.45, 7) is 7.28. The number of rotatable bonds is 3. The number of fused-ring (bicyclic) bond motifs is 1. The van der Waals surface area contributed by atoms with E-state index < -0.39 is 0 Å². The topological polar surface area (TPSA) is 20.5 Å². The highest BCUT2D eigenvalue weighted by Gasteiger charge is 2.17. The summed E-state index contributed by atoms with van der Waals surface area (Å²) >= 11 is 0. The Labute approximate surface area is 132 Å². The molecule has 2 aromatic heterocycles. The smallest absolute Gasteiger partial charge is 0.140 e. The van der Waals surface area contributed by atoms with Gasteiger partial charge in [0.15, 0.2) is 0 Å². The highest BCUT2D eigenvalue weighted by Crippen LogP contribution is 2.29. The van der Waals surface area contributed by atoms with Crippen molar-refractivity contribution in [2.24, 2.45) is 0 Å². The molecule has 0 unspecified atom stereocenters. The van der Waals surface area contributed by atoms with Gasteiger partial charge in [0.05, 0.1) is 11.4 Å². The van der Waals surface area contributed by atoms with Crippen molar-refractivity contribution in [1.29, 1.82) is 0 Å². The Morgan fingerprint density at radius 1 is 1.05 bits per heavy atom. The zero-order valence-corrected chi connectivity index (χ0v) is 14.0. The number of pyridine rings is 1. The Morgan fingerprint density at radius 3 is 2.50 bits per heavy atom. The maximum absolute atomic E-state index is 4.96. The molecule has 3 nitrogen and oxygen atoms in total. The van der Waals surface area contributed by atoms with Gasteiger partial charge < -0.3 is 9.30 Å². The van der Waals surface area contributed by atoms with Gasteiger partial charge in [-0.2, -0.15) is 0 Å². The first-order valence-corrected chi connectivity index (χ1v) is 7.66. The van der Waals surface area contributed by atoms with Crippen molar-refractivity contribution in [3.05, 3.63) is 58.9 Å². The molecular weight excluding hydrogens is 270 g/mol. The van der Waals surface area contributed by atoms with Gasteiger partial charge in [-0.15, -0.1) is 0 Å². The van der Waals surface area contributed by atoms with Crippen LogP contribution in [0.1, 0.15) is 22.4 Å². The number of imidazole rings is 1. The van der Waals surface area contributed by atoms with Crippen LogP contribution >= 0.6 is 0 Å². The van der Waals surface area contributed by atoms with Crippen molar-refractivity contribution >= 4 is 5.65 Å². The van der Waals surface area contributed by atoms with E-state index in [1.807, 2.05) is 0 Å². The number of nitrogens with zero attached hydrogens (tertiary/aromatic N) is 3. The summed E-state index contributed by atoms with van der Waals surface area (Å²) in [6.07, 6.45) is 2.11. The molecule has 0 aliphatic heterocycles. The fourth-order valence-electron chi connectivity index (χ4n) is 3.00. The first kappa shape index (κ1) is 14.8. The minimum Gasteiger partial charge on any atom is -0.304 e. The fraction of sp³-hybridized carbons (Fsp3) is 0.316. The van der Waals surface area contributed by atoms with Gasteiger partial charge in [0.1, 0.15) is 5.65 Å². The normalized spacial score (nSPS) is 11.5. The number of aryl methyl sites for hydroxylation is 3.